The standard InChI is InChI=1S/C20H33N3O3.2ClH/c1-20(21)10-6-5-7-16(20)19(24)22-14-15-8-9-17(18(13-15)25-4)26-12-11-23(2)3;;/h8-9,13,16H,5-7,10-12,14,21H2,1-4H3,(H,22,24);2*1H. The molecule has 0 saturated heterocycles. The summed E-state index contributed by atoms with van der Waals surface area (Å²) in [4.78, 5) is 14.6. The Labute approximate surface area is 181 Å². The second kappa shape index (κ2) is 12.4. The zero-order valence-corrected chi connectivity index (χ0v) is 19.0. The number of likely N-dealkylation sites (N-methyl/N-ethyl adjacent to an activating group) is 1. The van der Waals surface area contributed by atoms with Gasteiger partial charge >= 0.3 is 0 Å². The van der Waals surface area contributed by atoms with Crippen molar-refractivity contribution in [3.63, 3.8) is 0 Å². The molecule has 1 saturated carbocycles. The van der Waals surface area contributed by atoms with E-state index in [2.05, 4.69) is 10.2 Å². The normalized spacial score (nSPS) is 21.3. The van der Waals surface area contributed by atoms with Gasteiger partial charge in [0.15, 0.2) is 11.5 Å². The summed E-state index contributed by atoms with van der Waals surface area (Å²) in [7, 11) is 5.63. The summed E-state index contributed by atoms with van der Waals surface area (Å²) in [6.45, 7) is 3.87. The number of nitrogens with two attached hydrogens (primary N) is 1. The highest BCUT2D eigenvalue weighted by Crippen LogP contribution is 2.32. The summed E-state index contributed by atoms with van der Waals surface area (Å²) >= 11 is 0. The Balaban J connectivity index is 0.00000364. The number of hydrogen-bond acceptors (Lipinski definition) is 5. The lowest BCUT2D eigenvalue weighted by Gasteiger charge is -2.37. The summed E-state index contributed by atoms with van der Waals surface area (Å²) < 4.78 is 11.2. The Morgan fingerprint density at radius 2 is 2.00 bits per heavy atom. The van der Waals surface area contributed by atoms with Gasteiger partial charge in [0, 0.05) is 18.6 Å². The highest BCUT2D eigenvalue weighted by Gasteiger charge is 2.37. The number of methoxy groups -OCH3 is 1. The first-order valence-electron chi connectivity index (χ1n) is 9.34. The predicted octanol–water partition coefficient (Wildman–Crippen LogP) is 3.00. The first-order valence-corrected chi connectivity index (χ1v) is 9.34. The Bertz CT molecular complexity index is 612. The van der Waals surface area contributed by atoms with Crippen LogP contribution in [0.25, 0.3) is 0 Å². The molecule has 1 fully saturated rings. The Kier molecular flexibility index (Phi) is 11.8. The van der Waals surface area contributed by atoms with Crippen molar-refractivity contribution in [2.45, 2.75) is 44.7 Å². The van der Waals surface area contributed by atoms with Gasteiger partial charge in [-0.2, -0.15) is 0 Å². The van der Waals surface area contributed by atoms with Crippen LogP contribution in [0.3, 0.4) is 0 Å². The Hall–Kier alpha value is -1.21. The van der Waals surface area contributed by atoms with E-state index in [-0.39, 0.29) is 36.6 Å². The van der Waals surface area contributed by atoms with Crippen molar-refractivity contribution in [2.24, 2.45) is 11.7 Å². The van der Waals surface area contributed by atoms with Crippen molar-refractivity contribution in [2.75, 3.05) is 34.4 Å². The third kappa shape index (κ3) is 7.66. The lowest BCUT2D eigenvalue weighted by Crippen LogP contribution is -2.52. The molecule has 1 aromatic carbocycles. The minimum absolute atomic E-state index is 0. The molecule has 0 aliphatic heterocycles. The van der Waals surface area contributed by atoms with E-state index in [1.54, 1.807) is 7.11 Å². The van der Waals surface area contributed by atoms with Crippen LogP contribution in [0.2, 0.25) is 0 Å². The first-order chi connectivity index (χ1) is 12.3. The van der Waals surface area contributed by atoms with Crippen molar-refractivity contribution in [3.8, 4) is 11.5 Å². The number of ether oxygens (including phenoxy) is 2. The molecule has 1 aliphatic rings. The summed E-state index contributed by atoms with van der Waals surface area (Å²) in [6, 6.07) is 5.76. The van der Waals surface area contributed by atoms with Crippen LogP contribution in [-0.2, 0) is 11.3 Å². The second-order valence-corrected chi connectivity index (χ2v) is 7.66. The molecule has 0 heterocycles. The maximum Gasteiger partial charge on any atom is 0.225 e. The molecular weight excluding hydrogens is 401 g/mol. The van der Waals surface area contributed by atoms with Crippen LogP contribution in [0.1, 0.15) is 38.2 Å². The monoisotopic (exact) mass is 435 g/mol. The molecule has 1 amide bonds. The fourth-order valence-corrected chi connectivity index (χ4v) is 3.38. The Morgan fingerprint density at radius 1 is 1.29 bits per heavy atom. The minimum Gasteiger partial charge on any atom is -0.493 e. The molecule has 0 spiro atoms. The second-order valence-electron chi connectivity index (χ2n) is 7.66. The molecule has 2 unspecified atom stereocenters. The highest BCUT2D eigenvalue weighted by molar-refractivity contribution is 5.85. The van der Waals surface area contributed by atoms with E-state index in [9.17, 15) is 4.79 Å². The van der Waals surface area contributed by atoms with Crippen LogP contribution in [0.5, 0.6) is 11.5 Å². The summed E-state index contributed by atoms with van der Waals surface area (Å²) in [5.74, 6) is 1.31. The number of rotatable bonds is 8. The molecule has 8 heteroatoms. The lowest BCUT2D eigenvalue weighted by molar-refractivity contribution is -0.128. The molecule has 28 heavy (non-hydrogen) atoms. The van der Waals surface area contributed by atoms with Gasteiger partial charge in [0.2, 0.25) is 5.91 Å². The zero-order valence-electron chi connectivity index (χ0n) is 17.3. The van der Waals surface area contributed by atoms with E-state index >= 15 is 0 Å². The van der Waals surface area contributed by atoms with Gasteiger partial charge in [-0.1, -0.05) is 18.9 Å². The maximum absolute atomic E-state index is 12.6. The van der Waals surface area contributed by atoms with Crippen molar-refractivity contribution in [1.29, 1.82) is 0 Å². The summed E-state index contributed by atoms with van der Waals surface area (Å²) in [6.07, 6.45) is 3.93. The van der Waals surface area contributed by atoms with Crippen LogP contribution < -0.4 is 20.5 Å². The fourth-order valence-electron chi connectivity index (χ4n) is 3.38. The SMILES string of the molecule is COc1cc(CNC(=O)C2CCCCC2(C)N)ccc1OCCN(C)C.Cl.Cl. The largest absolute Gasteiger partial charge is 0.493 e. The van der Waals surface area contributed by atoms with E-state index in [1.807, 2.05) is 39.2 Å². The highest BCUT2D eigenvalue weighted by atomic mass is 35.5. The fraction of sp³-hybridized carbons (Fsp3) is 0.650. The zero-order chi connectivity index (χ0) is 19.2. The third-order valence-corrected chi connectivity index (χ3v) is 5.06. The molecule has 0 aromatic heterocycles. The van der Waals surface area contributed by atoms with Crippen molar-refractivity contribution in [3.05, 3.63) is 23.8 Å². The molecule has 2 rings (SSSR count). The van der Waals surface area contributed by atoms with E-state index in [0.29, 0.717) is 24.7 Å². The molecule has 1 aromatic rings. The van der Waals surface area contributed by atoms with Crippen LogP contribution in [0.4, 0.5) is 0 Å². The van der Waals surface area contributed by atoms with Crippen LogP contribution in [-0.4, -0.2) is 50.7 Å². The predicted molar refractivity (Wildman–Crippen MR) is 118 cm³/mol. The van der Waals surface area contributed by atoms with Gasteiger partial charge in [0.05, 0.1) is 13.0 Å². The van der Waals surface area contributed by atoms with Crippen molar-refractivity contribution in [1.82, 2.24) is 10.2 Å². The molecule has 2 atom stereocenters. The molecule has 162 valence electrons. The number of amides is 1. The van der Waals surface area contributed by atoms with E-state index in [0.717, 1.165) is 37.8 Å². The number of benzene rings is 1. The van der Waals surface area contributed by atoms with Crippen LogP contribution >= 0.6 is 24.8 Å². The molecule has 6 nitrogen and oxygen atoms in total. The van der Waals surface area contributed by atoms with Gasteiger partial charge in [-0.15, -0.1) is 24.8 Å². The number of carbonyl (C=O) groups excluding carboxylic acids is 1. The van der Waals surface area contributed by atoms with Crippen molar-refractivity contribution >= 4 is 30.7 Å². The molecule has 1 aliphatic carbocycles. The maximum atomic E-state index is 12.6. The van der Waals surface area contributed by atoms with Crippen LogP contribution in [0, 0.1) is 5.92 Å². The van der Waals surface area contributed by atoms with E-state index in [1.165, 1.54) is 0 Å². The molecule has 0 radical (unpaired) electrons. The van der Waals surface area contributed by atoms with Crippen molar-refractivity contribution < 1.29 is 14.3 Å². The number of carbonyl (C=O) groups is 1. The smallest absolute Gasteiger partial charge is 0.225 e. The Morgan fingerprint density at radius 3 is 2.61 bits per heavy atom. The third-order valence-electron chi connectivity index (χ3n) is 5.06. The molecule has 3 N–H and O–H groups in total. The van der Waals surface area contributed by atoms with Gasteiger partial charge in [-0.25, -0.2) is 0 Å². The summed E-state index contributed by atoms with van der Waals surface area (Å²) in [5, 5.41) is 3.03. The quantitative estimate of drug-likeness (QED) is 0.655. The van der Waals surface area contributed by atoms with Gasteiger partial charge in [-0.3, -0.25) is 4.79 Å². The number of nitrogens with zero attached hydrogens (tertiary/aromatic N) is 1. The summed E-state index contributed by atoms with van der Waals surface area (Å²) in [5.41, 5.74) is 6.89. The van der Waals surface area contributed by atoms with Gasteiger partial charge in [-0.05, 0) is 51.6 Å². The molecular formula is C20H35Cl2N3O3. The van der Waals surface area contributed by atoms with Gasteiger partial charge < -0.3 is 25.4 Å². The number of hydrogen-bond donors (Lipinski definition) is 2. The van der Waals surface area contributed by atoms with Crippen LogP contribution in [0.15, 0.2) is 18.2 Å². The van der Waals surface area contributed by atoms with E-state index < -0.39 is 5.54 Å². The number of halogens is 2. The number of nitrogens with one attached hydrogen (secondary N) is 1. The first kappa shape index (κ1) is 26.8. The molecule has 0 bridgehead atoms. The lowest BCUT2D eigenvalue weighted by atomic mass is 9.74. The average Bonchev–Trinajstić information content (AvgIpc) is 2.59. The topological polar surface area (TPSA) is 76.8 Å². The average molecular weight is 436 g/mol. The van der Waals surface area contributed by atoms with E-state index in [4.69, 9.17) is 15.2 Å². The van der Waals surface area contributed by atoms with Gasteiger partial charge in [0.25, 0.3) is 0 Å². The van der Waals surface area contributed by atoms with Gasteiger partial charge in [0.1, 0.15) is 6.61 Å². The minimum atomic E-state index is -0.413.